The second-order valence-electron chi connectivity index (χ2n) is 8.47. The molecule has 2 atom stereocenters. The number of fused-ring (bicyclic) bond motifs is 3. The van der Waals surface area contributed by atoms with Crippen molar-refractivity contribution in [2.24, 2.45) is 5.92 Å². The molecule has 168 valence electrons. The van der Waals surface area contributed by atoms with Crippen LogP contribution >= 0.6 is 0 Å². The van der Waals surface area contributed by atoms with Crippen molar-refractivity contribution in [3.63, 3.8) is 0 Å². The third kappa shape index (κ3) is 4.93. The molecule has 0 aliphatic heterocycles. The molecule has 1 saturated carbocycles. The Morgan fingerprint density at radius 2 is 1.62 bits per heavy atom. The van der Waals surface area contributed by atoms with E-state index in [1.54, 1.807) is 0 Å². The first-order valence-corrected chi connectivity index (χ1v) is 11.1. The summed E-state index contributed by atoms with van der Waals surface area (Å²) >= 11 is 0. The van der Waals surface area contributed by atoms with Crippen LogP contribution in [0.2, 0.25) is 0 Å². The van der Waals surface area contributed by atoms with Gasteiger partial charge >= 0.3 is 12.1 Å². The average molecular weight is 437 g/mol. The first-order valence-electron chi connectivity index (χ1n) is 11.1. The molecule has 7 nitrogen and oxygen atoms in total. The number of benzene rings is 2. The highest BCUT2D eigenvalue weighted by molar-refractivity contribution is 5.80. The molecule has 1 fully saturated rings. The summed E-state index contributed by atoms with van der Waals surface area (Å²) in [5.41, 5.74) is 4.71. The molecule has 4 rings (SSSR count). The van der Waals surface area contributed by atoms with E-state index in [4.69, 9.17) is 9.84 Å². The van der Waals surface area contributed by atoms with Crippen molar-refractivity contribution < 1.29 is 24.2 Å². The molecule has 2 aliphatic rings. The standard InChI is InChI=1S/C25H28N2O5/c28-23(29)10-5-13-26-24(30)16-11-12-17(14-16)27-25(31)32-15-22-20-8-3-1-6-18(20)19-7-2-4-9-21(19)22/h1-4,6-9,16-17,22H,5,10-15H2,(H,26,30)(H,27,31)(H,28,29)/t16-,17+/m0/s1. The van der Waals surface area contributed by atoms with Crippen molar-refractivity contribution in [1.29, 1.82) is 0 Å². The van der Waals surface area contributed by atoms with Crippen molar-refractivity contribution in [3.8, 4) is 11.1 Å². The van der Waals surface area contributed by atoms with Crippen LogP contribution in [0.5, 0.6) is 0 Å². The second kappa shape index (κ2) is 9.85. The van der Waals surface area contributed by atoms with E-state index in [-0.39, 0.29) is 36.8 Å². The van der Waals surface area contributed by atoms with Crippen LogP contribution in [0, 0.1) is 5.92 Å². The van der Waals surface area contributed by atoms with Gasteiger partial charge in [0.1, 0.15) is 6.61 Å². The molecule has 7 heteroatoms. The molecule has 0 unspecified atom stereocenters. The summed E-state index contributed by atoms with van der Waals surface area (Å²) in [7, 11) is 0. The average Bonchev–Trinajstić information content (AvgIpc) is 3.38. The Balaban J connectivity index is 1.25. The third-order valence-electron chi connectivity index (χ3n) is 6.34. The zero-order chi connectivity index (χ0) is 22.5. The number of carboxylic acid groups (broad SMARTS) is 1. The molecule has 2 amide bonds. The number of aliphatic carboxylic acids is 1. The lowest BCUT2D eigenvalue weighted by Crippen LogP contribution is -2.36. The summed E-state index contributed by atoms with van der Waals surface area (Å²) in [6, 6.07) is 16.3. The minimum absolute atomic E-state index is 0.0149. The molecule has 2 aromatic carbocycles. The fourth-order valence-corrected chi connectivity index (χ4v) is 4.75. The molecule has 3 N–H and O–H groups in total. The molecule has 32 heavy (non-hydrogen) atoms. The quantitative estimate of drug-likeness (QED) is 0.548. The number of alkyl carbamates (subject to hydrolysis) is 1. The number of ether oxygens (including phenoxy) is 1. The summed E-state index contributed by atoms with van der Waals surface area (Å²) in [6.07, 6.45) is 1.97. The van der Waals surface area contributed by atoms with Gasteiger partial charge in [0, 0.05) is 30.8 Å². The highest BCUT2D eigenvalue weighted by Gasteiger charge is 2.32. The smallest absolute Gasteiger partial charge is 0.407 e. The van der Waals surface area contributed by atoms with Gasteiger partial charge in [0.2, 0.25) is 5.91 Å². The lowest BCUT2D eigenvalue weighted by Gasteiger charge is -2.17. The minimum Gasteiger partial charge on any atom is -0.481 e. The first-order chi connectivity index (χ1) is 15.5. The topological polar surface area (TPSA) is 105 Å². The van der Waals surface area contributed by atoms with Gasteiger partial charge in [-0.15, -0.1) is 0 Å². The van der Waals surface area contributed by atoms with Crippen molar-refractivity contribution in [3.05, 3.63) is 59.7 Å². The molecule has 0 bridgehead atoms. The molecular weight excluding hydrogens is 408 g/mol. The number of hydrogen-bond acceptors (Lipinski definition) is 4. The van der Waals surface area contributed by atoms with Gasteiger partial charge in [-0.05, 0) is 47.9 Å². The zero-order valence-electron chi connectivity index (χ0n) is 17.9. The van der Waals surface area contributed by atoms with E-state index >= 15 is 0 Å². The van der Waals surface area contributed by atoms with E-state index in [0.717, 1.165) is 6.42 Å². The number of carbonyl (C=O) groups excluding carboxylic acids is 2. The van der Waals surface area contributed by atoms with Crippen LogP contribution in [-0.2, 0) is 14.3 Å². The predicted molar refractivity (Wildman–Crippen MR) is 119 cm³/mol. The van der Waals surface area contributed by atoms with Crippen molar-refractivity contribution in [2.45, 2.75) is 44.1 Å². The Bertz CT molecular complexity index is 960. The van der Waals surface area contributed by atoms with E-state index in [1.165, 1.54) is 22.3 Å². The van der Waals surface area contributed by atoms with Crippen molar-refractivity contribution in [1.82, 2.24) is 10.6 Å². The maximum atomic E-state index is 12.4. The van der Waals surface area contributed by atoms with Gasteiger partial charge in [-0.2, -0.15) is 0 Å². The molecular formula is C25H28N2O5. The molecule has 0 radical (unpaired) electrons. The lowest BCUT2D eigenvalue weighted by atomic mass is 9.98. The molecule has 0 saturated heterocycles. The number of nitrogens with one attached hydrogen (secondary N) is 2. The molecule has 2 aromatic rings. The molecule has 0 spiro atoms. The van der Waals surface area contributed by atoms with Gasteiger partial charge in [0.15, 0.2) is 0 Å². The minimum atomic E-state index is -0.868. The van der Waals surface area contributed by atoms with Crippen LogP contribution in [-0.4, -0.2) is 42.3 Å². The zero-order valence-corrected chi connectivity index (χ0v) is 17.9. The van der Waals surface area contributed by atoms with E-state index < -0.39 is 12.1 Å². The number of carboxylic acids is 1. The normalized spacial score (nSPS) is 19.1. The van der Waals surface area contributed by atoms with Gasteiger partial charge in [-0.3, -0.25) is 9.59 Å². The van der Waals surface area contributed by atoms with Crippen LogP contribution < -0.4 is 10.6 Å². The largest absolute Gasteiger partial charge is 0.481 e. The third-order valence-corrected chi connectivity index (χ3v) is 6.34. The maximum absolute atomic E-state index is 12.4. The van der Waals surface area contributed by atoms with E-state index in [2.05, 4.69) is 34.9 Å². The van der Waals surface area contributed by atoms with Gasteiger partial charge in [-0.1, -0.05) is 48.5 Å². The number of carbonyl (C=O) groups is 3. The Morgan fingerprint density at radius 3 is 2.28 bits per heavy atom. The number of amides is 2. The van der Waals surface area contributed by atoms with Crippen LogP contribution in [0.1, 0.15) is 49.1 Å². The van der Waals surface area contributed by atoms with Crippen LogP contribution in [0.3, 0.4) is 0 Å². The number of hydrogen-bond donors (Lipinski definition) is 3. The van der Waals surface area contributed by atoms with Crippen LogP contribution in [0.4, 0.5) is 4.79 Å². The van der Waals surface area contributed by atoms with Crippen LogP contribution in [0.15, 0.2) is 48.5 Å². The monoisotopic (exact) mass is 436 g/mol. The summed E-state index contributed by atoms with van der Waals surface area (Å²) < 4.78 is 5.59. The summed E-state index contributed by atoms with van der Waals surface area (Å²) in [5.74, 6) is -1.10. The SMILES string of the molecule is O=C(O)CCCNC(=O)[C@H]1CC[C@@H](NC(=O)OCC2c3ccccc3-c3ccccc32)C1. The molecule has 0 aromatic heterocycles. The Labute approximate surface area is 187 Å². The summed E-state index contributed by atoms with van der Waals surface area (Å²) in [6.45, 7) is 0.617. The van der Waals surface area contributed by atoms with E-state index in [0.29, 0.717) is 25.8 Å². The van der Waals surface area contributed by atoms with Crippen molar-refractivity contribution >= 4 is 18.0 Å². The first kappa shape index (κ1) is 21.9. The van der Waals surface area contributed by atoms with Crippen molar-refractivity contribution in [2.75, 3.05) is 13.2 Å². The van der Waals surface area contributed by atoms with E-state index in [1.807, 2.05) is 24.3 Å². The highest BCUT2D eigenvalue weighted by Crippen LogP contribution is 2.44. The fourth-order valence-electron chi connectivity index (χ4n) is 4.75. The Hall–Kier alpha value is -3.35. The molecule has 2 aliphatic carbocycles. The Kier molecular flexibility index (Phi) is 6.73. The second-order valence-corrected chi connectivity index (χ2v) is 8.47. The van der Waals surface area contributed by atoms with Gasteiger partial charge < -0.3 is 20.5 Å². The summed E-state index contributed by atoms with van der Waals surface area (Å²) in [4.78, 5) is 35.2. The maximum Gasteiger partial charge on any atom is 0.407 e. The fraction of sp³-hybridized carbons (Fsp3) is 0.400. The molecule has 0 heterocycles. The van der Waals surface area contributed by atoms with E-state index in [9.17, 15) is 14.4 Å². The highest BCUT2D eigenvalue weighted by atomic mass is 16.5. The lowest BCUT2D eigenvalue weighted by molar-refractivity contribution is -0.137. The predicted octanol–water partition coefficient (Wildman–Crippen LogP) is 3.67. The van der Waals surface area contributed by atoms with Gasteiger partial charge in [-0.25, -0.2) is 4.79 Å². The summed E-state index contributed by atoms with van der Waals surface area (Å²) in [5, 5.41) is 14.3. The number of rotatable bonds is 8. The van der Waals surface area contributed by atoms with Gasteiger partial charge in [0.25, 0.3) is 0 Å². The van der Waals surface area contributed by atoms with Crippen LogP contribution in [0.25, 0.3) is 11.1 Å². The Morgan fingerprint density at radius 1 is 0.969 bits per heavy atom. The van der Waals surface area contributed by atoms with Gasteiger partial charge in [0.05, 0.1) is 0 Å².